The molecule has 1 aliphatic heterocycles. The van der Waals surface area contributed by atoms with Gasteiger partial charge in [0.1, 0.15) is 12.3 Å². The Morgan fingerprint density at radius 1 is 0.706 bits per heavy atom. The number of alkyl halides is 2. The van der Waals surface area contributed by atoms with Crippen molar-refractivity contribution in [2.45, 2.75) is 18.4 Å². The van der Waals surface area contributed by atoms with Crippen molar-refractivity contribution >= 4 is 29.0 Å². The number of nitrogens with zero attached hydrogens (tertiary/aromatic N) is 2. The number of aldehydes is 1. The van der Waals surface area contributed by atoms with Crippen molar-refractivity contribution in [2.75, 3.05) is 16.3 Å². The van der Waals surface area contributed by atoms with Crippen LogP contribution in [-0.2, 0) is 4.79 Å². The standard InChI is InChI=1S/C29H24F2N2O/c30-27-19-32(28(20-34)29(27)31)23-16-14-21(15-17-23)22-8-7-13-26(18-22)33(24-9-3-1-4-10-24)25-11-5-2-6-12-25/h1-18,20,27-29H,19H2. The van der Waals surface area contributed by atoms with Gasteiger partial charge < -0.3 is 14.6 Å². The van der Waals surface area contributed by atoms with Crippen molar-refractivity contribution in [1.82, 2.24) is 0 Å². The summed E-state index contributed by atoms with van der Waals surface area (Å²) in [5.74, 6) is 0. The normalized spacial score (nSPS) is 19.7. The van der Waals surface area contributed by atoms with E-state index in [9.17, 15) is 13.6 Å². The van der Waals surface area contributed by atoms with E-state index in [-0.39, 0.29) is 6.54 Å². The van der Waals surface area contributed by atoms with Gasteiger partial charge in [-0.15, -0.1) is 0 Å². The lowest BCUT2D eigenvalue weighted by Gasteiger charge is -2.26. The first-order chi connectivity index (χ1) is 16.7. The van der Waals surface area contributed by atoms with Gasteiger partial charge in [-0.3, -0.25) is 0 Å². The summed E-state index contributed by atoms with van der Waals surface area (Å²) in [5.41, 5.74) is 5.74. The number of hydrogen-bond acceptors (Lipinski definition) is 3. The summed E-state index contributed by atoms with van der Waals surface area (Å²) in [6.07, 6.45) is -2.96. The fourth-order valence-corrected chi connectivity index (χ4v) is 4.49. The first-order valence-corrected chi connectivity index (χ1v) is 11.3. The average Bonchev–Trinajstić information content (AvgIpc) is 3.19. The zero-order chi connectivity index (χ0) is 23.5. The molecule has 4 aromatic rings. The summed E-state index contributed by atoms with van der Waals surface area (Å²) < 4.78 is 27.9. The zero-order valence-corrected chi connectivity index (χ0v) is 18.5. The van der Waals surface area contributed by atoms with Crippen LogP contribution >= 0.6 is 0 Å². The van der Waals surface area contributed by atoms with Gasteiger partial charge in [-0.05, 0) is 59.7 Å². The Morgan fingerprint density at radius 3 is 1.88 bits per heavy atom. The highest BCUT2D eigenvalue weighted by molar-refractivity contribution is 5.80. The Morgan fingerprint density at radius 2 is 1.29 bits per heavy atom. The van der Waals surface area contributed by atoms with Crippen LogP contribution in [0, 0.1) is 0 Å². The molecule has 0 N–H and O–H groups in total. The second kappa shape index (κ2) is 9.48. The van der Waals surface area contributed by atoms with Crippen LogP contribution in [0.2, 0.25) is 0 Å². The van der Waals surface area contributed by atoms with E-state index in [1.807, 2.05) is 72.8 Å². The number of benzene rings is 4. The quantitative estimate of drug-likeness (QED) is 0.297. The van der Waals surface area contributed by atoms with Crippen LogP contribution in [0.4, 0.5) is 31.5 Å². The fraction of sp³-hybridized carbons (Fsp3) is 0.138. The molecule has 0 amide bonds. The molecule has 34 heavy (non-hydrogen) atoms. The van der Waals surface area contributed by atoms with Crippen LogP contribution in [0.15, 0.2) is 109 Å². The molecule has 0 saturated carbocycles. The molecular weight excluding hydrogens is 430 g/mol. The highest BCUT2D eigenvalue weighted by Gasteiger charge is 2.42. The molecule has 5 heteroatoms. The van der Waals surface area contributed by atoms with E-state index in [4.69, 9.17) is 0 Å². The summed E-state index contributed by atoms with van der Waals surface area (Å²) in [5, 5.41) is 0. The third-order valence-electron chi connectivity index (χ3n) is 6.21. The molecule has 3 atom stereocenters. The maximum atomic E-state index is 14.0. The first kappa shape index (κ1) is 21.8. The van der Waals surface area contributed by atoms with Gasteiger partial charge in [-0.1, -0.05) is 60.7 Å². The van der Waals surface area contributed by atoms with Crippen LogP contribution < -0.4 is 9.80 Å². The van der Waals surface area contributed by atoms with Gasteiger partial charge in [0.2, 0.25) is 0 Å². The molecule has 3 nitrogen and oxygen atoms in total. The molecule has 0 aromatic heterocycles. The largest absolute Gasteiger partial charge is 0.356 e. The maximum absolute atomic E-state index is 14.0. The molecule has 4 aromatic carbocycles. The minimum atomic E-state index is -1.80. The Hall–Kier alpha value is -3.99. The number of carbonyl (C=O) groups excluding carboxylic acids is 1. The van der Waals surface area contributed by atoms with Crippen LogP contribution in [0.1, 0.15) is 0 Å². The van der Waals surface area contributed by atoms with Crippen molar-refractivity contribution in [3.8, 4) is 11.1 Å². The van der Waals surface area contributed by atoms with Crippen LogP contribution in [0.3, 0.4) is 0 Å². The van der Waals surface area contributed by atoms with Crippen molar-refractivity contribution in [1.29, 1.82) is 0 Å². The van der Waals surface area contributed by atoms with Crippen molar-refractivity contribution in [2.24, 2.45) is 0 Å². The van der Waals surface area contributed by atoms with Crippen LogP contribution in [0.25, 0.3) is 11.1 Å². The minimum Gasteiger partial charge on any atom is -0.356 e. The summed E-state index contributed by atoms with van der Waals surface area (Å²) >= 11 is 0. The number of carbonyl (C=O) groups is 1. The predicted octanol–water partition coefficient (Wildman–Crippen LogP) is 6.89. The van der Waals surface area contributed by atoms with E-state index < -0.39 is 18.4 Å². The summed E-state index contributed by atoms with van der Waals surface area (Å²) in [6, 6.07) is 35.0. The zero-order valence-electron chi connectivity index (χ0n) is 18.5. The molecule has 3 unspecified atom stereocenters. The Bertz CT molecular complexity index is 1210. The molecule has 5 rings (SSSR count). The lowest BCUT2D eigenvalue weighted by Crippen LogP contribution is -2.35. The second-order valence-corrected chi connectivity index (χ2v) is 8.34. The average molecular weight is 455 g/mol. The van der Waals surface area contributed by atoms with Crippen molar-refractivity contribution in [3.63, 3.8) is 0 Å². The van der Waals surface area contributed by atoms with Gasteiger partial charge in [0.15, 0.2) is 12.3 Å². The van der Waals surface area contributed by atoms with E-state index in [2.05, 4.69) is 41.3 Å². The maximum Gasteiger partial charge on any atom is 0.160 e. The van der Waals surface area contributed by atoms with Gasteiger partial charge in [0.25, 0.3) is 0 Å². The van der Waals surface area contributed by atoms with E-state index in [0.717, 1.165) is 28.2 Å². The molecule has 1 saturated heterocycles. The summed E-state index contributed by atoms with van der Waals surface area (Å²) in [7, 11) is 0. The molecule has 0 bridgehead atoms. The molecule has 0 aliphatic carbocycles. The van der Waals surface area contributed by atoms with Gasteiger partial charge >= 0.3 is 0 Å². The first-order valence-electron chi connectivity index (χ1n) is 11.3. The van der Waals surface area contributed by atoms with Crippen molar-refractivity contribution in [3.05, 3.63) is 109 Å². The van der Waals surface area contributed by atoms with Crippen LogP contribution in [-0.4, -0.2) is 31.2 Å². The smallest absolute Gasteiger partial charge is 0.160 e. The third kappa shape index (κ3) is 4.17. The van der Waals surface area contributed by atoms with Gasteiger partial charge in [-0.25, -0.2) is 8.78 Å². The SMILES string of the molecule is O=CC1C(F)C(F)CN1c1ccc(-c2cccc(N(c3ccccc3)c3ccccc3)c2)cc1. The predicted molar refractivity (Wildman–Crippen MR) is 134 cm³/mol. The molecule has 170 valence electrons. The van der Waals surface area contributed by atoms with Gasteiger partial charge in [-0.2, -0.15) is 0 Å². The Kier molecular flexibility index (Phi) is 6.09. The lowest BCUT2D eigenvalue weighted by molar-refractivity contribution is -0.109. The van der Waals surface area contributed by atoms with Gasteiger partial charge in [0.05, 0.1) is 6.54 Å². The van der Waals surface area contributed by atoms with Crippen LogP contribution in [0.5, 0.6) is 0 Å². The summed E-state index contributed by atoms with van der Waals surface area (Å²) in [4.78, 5) is 15.0. The molecule has 1 aliphatic rings. The highest BCUT2D eigenvalue weighted by atomic mass is 19.2. The molecule has 0 spiro atoms. The Balaban J connectivity index is 1.47. The second-order valence-electron chi connectivity index (χ2n) is 8.34. The molecule has 1 heterocycles. The number of anilines is 4. The fourth-order valence-electron chi connectivity index (χ4n) is 4.49. The number of rotatable bonds is 6. The third-order valence-corrected chi connectivity index (χ3v) is 6.21. The van der Waals surface area contributed by atoms with E-state index >= 15 is 0 Å². The highest BCUT2D eigenvalue weighted by Crippen LogP contribution is 2.37. The van der Waals surface area contributed by atoms with Crippen molar-refractivity contribution < 1.29 is 13.6 Å². The van der Waals surface area contributed by atoms with Gasteiger partial charge in [0, 0.05) is 22.7 Å². The Labute approximate surface area is 197 Å². The lowest BCUT2D eigenvalue weighted by atomic mass is 10.0. The van der Waals surface area contributed by atoms with E-state index in [1.165, 1.54) is 4.90 Å². The minimum absolute atomic E-state index is 0.123. The number of para-hydroxylation sites is 2. The summed E-state index contributed by atoms with van der Waals surface area (Å²) in [6.45, 7) is -0.123. The molecule has 1 fully saturated rings. The van der Waals surface area contributed by atoms with E-state index in [1.54, 1.807) is 0 Å². The monoisotopic (exact) mass is 454 g/mol. The topological polar surface area (TPSA) is 23.6 Å². The van der Waals surface area contributed by atoms with E-state index in [0.29, 0.717) is 12.0 Å². The molecular formula is C29H24F2N2O. The molecule has 0 radical (unpaired) electrons. The number of hydrogen-bond donors (Lipinski definition) is 0. The number of halogens is 2.